The van der Waals surface area contributed by atoms with E-state index in [-0.39, 0.29) is 18.5 Å². The molecular formula is C86H171NO5. The normalized spacial score (nSPS) is 12.3. The van der Waals surface area contributed by atoms with Gasteiger partial charge in [0, 0.05) is 12.8 Å². The fraction of sp³-hybridized carbons (Fsp3) is 0.977. The van der Waals surface area contributed by atoms with Gasteiger partial charge in [-0.3, -0.25) is 9.59 Å². The second-order valence-corrected chi connectivity index (χ2v) is 30.2. The Balaban J connectivity index is 3.28. The van der Waals surface area contributed by atoms with Crippen LogP contribution in [0.2, 0.25) is 0 Å². The van der Waals surface area contributed by atoms with Gasteiger partial charge in [-0.25, -0.2) is 0 Å². The van der Waals surface area contributed by atoms with E-state index in [9.17, 15) is 19.8 Å². The lowest BCUT2D eigenvalue weighted by Gasteiger charge is -2.22. The maximum Gasteiger partial charge on any atom is 0.305 e. The summed E-state index contributed by atoms with van der Waals surface area (Å²) < 4.78 is 5.51. The lowest BCUT2D eigenvalue weighted by molar-refractivity contribution is -0.143. The van der Waals surface area contributed by atoms with Crippen molar-refractivity contribution in [2.45, 2.75) is 527 Å². The Hall–Kier alpha value is -1.14. The quantitative estimate of drug-likeness (QED) is 0.0417. The van der Waals surface area contributed by atoms with E-state index in [4.69, 9.17) is 4.74 Å². The summed E-state index contributed by atoms with van der Waals surface area (Å²) in [5, 5.41) is 23.5. The van der Waals surface area contributed by atoms with E-state index in [1.807, 2.05) is 0 Å². The minimum atomic E-state index is -0.660. The molecule has 0 radical (unpaired) electrons. The molecule has 92 heavy (non-hydrogen) atoms. The molecule has 6 nitrogen and oxygen atoms in total. The molecule has 2 atom stereocenters. The van der Waals surface area contributed by atoms with Gasteiger partial charge in [-0.1, -0.05) is 476 Å². The van der Waals surface area contributed by atoms with Gasteiger partial charge in [0.25, 0.3) is 0 Å². The summed E-state index contributed by atoms with van der Waals surface area (Å²) in [6.07, 6.45) is 104. The first-order valence-corrected chi connectivity index (χ1v) is 43.3. The number of amides is 1. The topological polar surface area (TPSA) is 95.9 Å². The lowest BCUT2D eigenvalue weighted by Crippen LogP contribution is -2.45. The Morgan fingerprint density at radius 3 is 0.663 bits per heavy atom. The molecule has 0 aliphatic heterocycles. The molecule has 0 saturated heterocycles. The van der Waals surface area contributed by atoms with Crippen LogP contribution in [0.15, 0.2) is 0 Å². The number of carbonyl (C=O) groups is 2. The summed E-state index contributed by atoms with van der Waals surface area (Å²) in [5.74, 6) is 0.00615. The summed E-state index contributed by atoms with van der Waals surface area (Å²) in [6, 6.07) is -0.537. The van der Waals surface area contributed by atoms with Crippen LogP contribution in [0.4, 0.5) is 0 Å². The second-order valence-electron chi connectivity index (χ2n) is 30.2. The number of ether oxygens (including phenoxy) is 1. The first kappa shape index (κ1) is 90.9. The number of aliphatic hydroxyl groups is 2. The van der Waals surface area contributed by atoms with Crippen LogP contribution in [0.1, 0.15) is 515 Å². The highest BCUT2D eigenvalue weighted by atomic mass is 16.5. The van der Waals surface area contributed by atoms with Crippen molar-refractivity contribution in [2.75, 3.05) is 13.2 Å². The van der Waals surface area contributed by atoms with Gasteiger partial charge in [0.1, 0.15) is 0 Å². The average molecular weight is 1300 g/mol. The average Bonchev–Trinajstić information content (AvgIpc) is 3.58. The van der Waals surface area contributed by atoms with Gasteiger partial charge >= 0.3 is 5.97 Å². The first-order chi connectivity index (χ1) is 45.5. The highest BCUT2D eigenvalue weighted by Gasteiger charge is 2.20. The maximum absolute atomic E-state index is 12.6. The van der Waals surface area contributed by atoms with Crippen molar-refractivity contribution in [1.82, 2.24) is 5.32 Å². The van der Waals surface area contributed by atoms with Crippen molar-refractivity contribution < 1.29 is 24.5 Å². The molecule has 0 heterocycles. The van der Waals surface area contributed by atoms with Crippen LogP contribution in [0.25, 0.3) is 0 Å². The van der Waals surface area contributed by atoms with Gasteiger partial charge in [0.2, 0.25) is 5.91 Å². The molecule has 0 aromatic rings. The van der Waals surface area contributed by atoms with Crippen molar-refractivity contribution in [3.8, 4) is 0 Å². The standard InChI is InChI=1S/C86H171NO5/c1-3-5-7-9-11-13-15-17-19-20-21-41-44-47-51-54-58-62-66-70-74-78-84(89)83(82-88)87-85(90)79-75-71-67-63-59-55-52-48-45-42-39-37-35-33-31-29-27-25-23-22-24-26-28-30-32-34-36-38-40-43-46-49-53-57-61-65-69-73-77-81-92-86(91)80-76-72-68-64-60-56-50-18-16-14-12-10-8-6-4-2/h83-84,88-89H,3-82H2,1-2H3,(H,87,90). The molecule has 0 rings (SSSR count). The lowest BCUT2D eigenvalue weighted by atomic mass is 10.0. The zero-order chi connectivity index (χ0) is 66.3. The summed E-state index contributed by atoms with van der Waals surface area (Å²) in [7, 11) is 0. The molecule has 6 heteroatoms. The molecular weight excluding hydrogens is 1130 g/mol. The van der Waals surface area contributed by atoms with E-state index in [1.165, 1.54) is 443 Å². The molecule has 0 saturated carbocycles. The van der Waals surface area contributed by atoms with E-state index in [1.54, 1.807) is 0 Å². The SMILES string of the molecule is CCCCCCCCCCCCCCCCCCCCCCCC(O)C(CO)NC(=O)CCCCCCCCCCCCCCCCCCCCCCCCCCCCCCCCCCCCCCCCCOC(=O)CCCCCCCCCCCCCCCCC. The van der Waals surface area contributed by atoms with Crippen LogP contribution in [0, 0.1) is 0 Å². The third kappa shape index (κ3) is 77.9. The molecule has 0 aliphatic carbocycles. The predicted molar refractivity (Wildman–Crippen MR) is 407 cm³/mol. The Morgan fingerprint density at radius 2 is 0.446 bits per heavy atom. The first-order valence-electron chi connectivity index (χ1n) is 43.3. The molecule has 0 spiro atoms. The van der Waals surface area contributed by atoms with Gasteiger partial charge in [-0.2, -0.15) is 0 Å². The van der Waals surface area contributed by atoms with Crippen LogP contribution in [0.3, 0.4) is 0 Å². The van der Waals surface area contributed by atoms with Gasteiger partial charge in [-0.15, -0.1) is 0 Å². The van der Waals surface area contributed by atoms with Crippen LogP contribution in [-0.4, -0.2) is 47.4 Å². The van der Waals surface area contributed by atoms with E-state index < -0.39 is 12.1 Å². The van der Waals surface area contributed by atoms with Crippen molar-refractivity contribution in [1.29, 1.82) is 0 Å². The number of aliphatic hydroxyl groups excluding tert-OH is 2. The molecule has 0 aromatic heterocycles. The predicted octanol–water partition coefficient (Wildman–Crippen LogP) is 28.8. The van der Waals surface area contributed by atoms with E-state index >= 15 is 0 Å². The number of carbonyl (C=O) groups excluding carboxylic acids is 2. The van der Waals surface area contributed by atoms with Crippen LogP contribution < -0.4 is 5.32 Å². The number of nitrogens with one attached hydrogen (secondary N) is 1. The number of hydrogen-bond donors (Lipinski definition) is 3. The minimum absolute atomic E-state index is 0.0224. The van der Waals surface area contributed by atoms with Crippen molar-refractivity contribution in [3.63, 3.8) is 0 Å². The van der Waals surface area contributed by atoms with E-state index in [0.717, 1.165) is 38.5 Å². The second kappa shape index (κ2) is 82.3. The smallest absolute Gasteiger partial charge is 0.305 e. The third-order valence-corrected chi connectivity index (χ3v) is 20.9. The summed E-state index contributed by atoms with van der Waals surface area (Å²) in [4.78, 5) is 24.7. The molecule has 0 bridgehead atoms. The summed E-state index contributed by atoms with van der Waals surface area (Å²) >= 11 is 0. The van der Waals surface area contributed by atoms with Crippen LogP contribution in [-0.2, 0) is 14.3 Å². The van der Waals surface area contributed by atoms with E-state index in [2.05, 4.69) is 19.2 Å². The number of unbranched alkanes of at least 4 members (excludes halogenated alkanes) is 72. The maximum atomic E-state index is 12.6. The summed E-state index contributed by atoms with van der Waals surface area (Å²) in [6.45, 7) is 5.03. The molecule has 2 unspecified atom stereocenters. The largest absolute Gasteiger partial charge is 0.466 e. The summed E-state index contributed by atoms with van der Waals surface area (Å²) in [5.41, 5.74) is 0. The van der Waals surface area contributed by atoms with Crippen molar-refractivity contribution in [3.05, 3.63) is 0 Å². The Morgan fingerprint density at radius 1 is 0.261 bits per heavy atom. The van der Waals surface area contributed by atoms with Crippen molar-refractivity contribution in [2.24, 2.45) is 0 Å². The zero-order valence-electron chi connectivity index (χ0n) is 63.3. The fourth-order valence-corrected chi connectivity index (χ4v) is 14.4. The molecule has 1 amide bonds. The van der Waals surface area contributed by atoms with Gasteiger partial charge in [-0.05, 0) is 25.7 Å². The monoisotopic (exact) mass is 1300 g/mol. The fourth-order valence-electron chi connectivity index (χ4n) is 14.4. The molecule has 550 valence electrons. The van der Waals surface area contributed by atoms with Crippen LogP contribution in [0.5, 0.6) is 0 Å². The highest BCUT2D eigenvalue weighted by Crippen LogP contribution is 2.21. The highest BCUT2D eigenvalue weighted by molar-refractivity contribution is 5.76. The molecule has 0 aromatic carbocycles. The zero-order valence-corrected chi connectivity index (χ0v) is 63.3. The van der Waals surface area contributed by atoms with E-state index in [0.29, 0.717) is 25.9 Å². The third-order valence-electron chi connectivity index (χ3n) is 20.9. The number of esters is 1. The van der Waals surface area contributed by atoms with Gasteiger partial charge < -0.3 is 20.3 Å². The molecule has 3 N–H and O–H groups in total. The number of rotatable bonds is 83. The molecule has 0 aliphatic rings. The van der Waals surface area contributed by atoms with Gasteiger partial charge in [0.15, 0.2) is 0 Å². The van der Waals surface area contributed by atoms with Gasteiger partial charge in [0.05, 0.1) is 25.4 Å². The van der Waals surface area contributed by atoms with Crippen molar-refractivity contribution >= 4 is 11.9 Å². The molecule has 0 fully saturated rings. The Kier molecular flexibility index (Phi) is 81.3. The Labute approximate surface area is 578 Å². The Bertz CT molecular complexity index is 1360. The number of hydrogen-bond acceptors (Lipinski definition) is 5. The van der Waals surface area contributed by atoms with Crippen LogP contribution >= 0.6 is 0 Å². The minimum Gasteiger partial charge on any atom is -0.466 e.